The van der Waals surface area contributed by atoms with Crippen molar-refractivity contribution in [3.8, 4) is 0 Å². The Morgan fingerprint density at radius 1 is 1.40 bits per heavy atom. The van der Waals surface area contributed by atoms with Gasteiger partial charge in [-0.3, -0.25) is 0 Å². The Balaban J connectivity index is 3.94. The first-order valence-corrected chi connectivity index (χ1v) is 7.31. The van der Waals surface area contributed by atoms with Crippen LogP contribution in [-0.4, -0.2) is 13.7 Å². The van der Waals surface area contributed by atoms with Gasteiger partial charge in [0.2, 0.25) is 0 Å². The molecule has 0 aliphatic heterocycles. The third-order valence-electron chi connectivity index (χ3n) is 2.73. The van der Waals surface area contributed by atoms with Crippen LogP contribution in [0.2, 0.25) is 18.6 Å². The summed E-state index contributed by atoms with van der Waals surface area (Å²) in [4.78, 5) is 0. The molecule has 0 aromatic rings. The van der Waals surface area contributed by atoms with Gasteiger partial charge in [0.1, 0.15) is 0 Å². The van der Waals surface area contributed by atoms with Crippen molar-refractivity contribution in [1.29, 1.82) is 0 Å². The van der Waals surface area contributed by atoms with E-state index in [1.165, 1.54) is 18.5 Å². The summed E-state index contributed by atoms with van der Waals surface area (Å²) in [6.45, 7) is 9.13. The third-order valence-corrected chi connectivity index (χ3v) is 8.18. The minimum Gasteiger partial charge on any atom is -0.330 e. The molecule has 0 saturated heterocycles. The standard InChI is InChI=1S/C8H21NSi/c1-5-7-10(4,6-2)8(3)9/h8H,5-7,9H2,1-4H3. The fraction of sp³-hybridized carbons (Fsp3) is 1.00. The van der Waals surface area contributed by atoms with E-state index in [9.17, 15) is 0 Å². The van der Waals surface area contributed by atoms with E-state index in [-0.39, 0.29) is 0 Å². The molecular weight excluding hydrogens is 138 g/mol. The van der Waals surface area contributed by atoms with Crippen LogP contribution < -0.4 is 5.73 Å². The highest BCUT2D eigenvalue weighted by molar-refractivity contribution is 6.79. The van der Waals surface area contributed by atoms with Crippen molar-refractivity contribution in [2.45, 2.75) is 51.5 Å². The molecule has 2 heteroatoms. The first-order valence-electron chi connectivity index (χ1n) is 4.32. The lowest BCUT2D eigenvalue weighted by Gasteiger charge is -2.29. The van der Waals surface area contributed by atoms with Gasteiger partial charge < -0.3 is 5.73 Å². The molecule has 0 spiro atoms. The van der Waals surface area contributed by atoms with E-state index in [4.69, 9.17) is 5.73 Å². The first kappa shape index (κ1) is 10.2. The van der Waals surface area contributed by atoms with Crippen molar-refractivity contribution in [3.63, 3.8) is 0 Å². The summed E-state index contributed by atoms with van der Waals surface area (Å²) >= 11 is 0. The van der Waals surface area contributed by atoms with Gasteiger partial charge >= 0.3 is 0 Å². The lowest BCUT2D eigenvalue weighted by atomic mass is 10.6. The fourth-order valence-electron chi connectivity index (χ4n) is 1.30. The molecule has 10 heavy (non-hydrogen) atoms. The van der Waals surface area contributed by atoms with Gasteiger partial charge in [0.05, 0.1) is 8.07 Å². The van der Waals surface area contributed by atoms with Gasteiger partial charge in [0.15, 0.2) is 0 Å². The number of hydrogen-bond donors (Lipinski definition) is 1. The summed E-state index contributed by atoms with van der Waals surface area (Å²) in [5.41, 5.74) is 6.40. The van der Waals surface area contributed by atoms with E-state index >= 15 is 0 Å². The monoisotopic (exact) mass is 159 g/mol. The van der Waals surface area contributed by atoms with Crippen molar-refractivity contribution >= 4 is 8.07 Å². The zero-order chi connectivity index (χ0) is 8.20. The van der Waals surface area contributed by atoms with Crippen LogP contribution in [0.25, 0.3) is 0 Å². The molecule has 2 N–H and O–H groups in total. The van der Waals surface area contributed by atoms with Crippen molar-refractivity contribution < 1.29 is 0 Å². The molecule has 0 saturated carbocycles. The molecule has 0 fully saturated rings. The van der Waals surface area contributed by atoms with E-state index in [1.54, 1.807) is 0 Å². The van der Waals surface area contributed by atoms with Crippen LogP contribution in [0.1, 0.15) is 27.2 Å². The molecule has 0 aromatic heterocycles. The minimum atomic E-state index is -1.02. The highest BCUT2D eigenvalue weighted by atomic mass is 28.3. The van der Waals surface area contributed by atoms with Crippen molar-refractivity contribution in [2.24, 2.45) is 5.73 Å². The maximum absolute atomic E-state index is 5.93. The smallest absolute Gasteiger partial charge is 0.0686 e. The predicted octanol–water partition coefficient (Wildman–Crippen LogP) is 2.38. The molecule has 0 amide bonds. The Hall–Kier alpha value is 0.177. The fourth-order valence-corrected chi connectivity index (χ4v) is 3.89. The van der Waals surface area contributed by atoms with Gasteiger partial charge in [-0.1, -0.05) is 45.8 Å². The summed E-state index contributed by atoms with van der Waals surface area (Å²) in [6.07, 6.45) is 1.30. The van der Waals surface area contributed by atoms with E-state index in [0.29, 0.717) is 5.67 Å². The van der Waals surface area contributed by atoms with Crippen molar-refractivity contribution in [2.75, 3.05) is 0 Å². The largest absolute Gasteiger partial charge is 0.330 e. The van der Waals surface area contributed by atoms with Crippen LogP contribution in [-0.2, 0) is 0 Å². The van der Waals surface area contributed by atoms with Crippen molar-refractivity contribution in [3.05, 3.63) is 0 Å². The topological polar surface area (TPSA) is 26.0 Å². The Kier molecular flexibility index (Phi) is 4.21. The van der Waals surface area contributed by atoms with Crippen LogP contribution in [0.3, 0.4) is 0 Å². The Morgan fingerprint density at radius 3 is 2.00 bits per heavy atom. The second kappa shape index (κ2) is 4.14. The van der Waals surface area contributed by atoms with Gasteiger partial charge in [0.25, 0.3) is 0 Å². The number of rotatable bonds is 4. The normalized spacial score (nSPS) is 20.1. The summed E-state index contributed by atoms with van der Waals surface area (Å²) in [5, 5.41) is 0. The number of hydrogen-bond acceptors (Lipinski definition) is 1. The van der Waals surface area contributed by atoms with Gasteiger partial charge in [-0.2, -0.15) is 0 Å². The van der Waals surface area contributed by atoms with Crippen LogP contribution in [0.15, 0.2) is 0 Å². The molecule has 0 aromatic carbocycles. The highest BCUT2D eigenvalue weighted by Crippen LogP contribution is 2.19. The maximum Gasteiger partial charge on any atom is 0.0686 e. The van der Waals surface area contributed by atoms with Crippen LogP contribution in [0.4, 0.5) is 0 Å². The van der Waals surface area contributed by atoms with Gasteiger partial charge in [-0.05, 0) is 5.67 Å². The van der Waals surface area contributed by atoms with E-state index in [0.717, 1.165) is 0 Å². The zero-order valence-electron chi connectivity index (χ0n) is 7.78. The molecule has 0 heterocycles. The van der Waals surface area contributed by atoms with Gasteiger partial charge in [-0.25, -0.2) is 0 Å². The quantitative estimate of drug-likeness (QED) is 0.626. The first-order chi connectivity index (χ1) is 4.56. The molecule has 0 rings (SSSR count). The average Bonchev–Trinajstić information content (AvgIpc) is 1.88. The lowest BCUT2D eigenvalue weighted by Crippen LogP contribution is -2.47. The SMILES string of the molecule is CCC[Si](C)(CC)C(C)N. The molecule has 0 bridgehead atoms. The van der Waals surface area contributed by atoms with E-state index in [2.05, 4.69) is 27.3 Å². The zero-order valence-corrected chi connectivity index (χ0v) is 8.78. The molecule has 2 unspecified atom stereocenters. The Bertz CT molecular complexity index is 93.3. The van der Waals surface area contributed by atoms with E-state index < -0.39 is 8.07 Å². The van der Waals surface area contributed by atoms with Crippen LogP contribution >= 0.6 is 0 Å². The molecule has 0 aliphatic carbocycles. The predicted molar refractivity (Wildman–Crippen MR) is 50.8 cm³/mol. The van der Waals surface area contributed by atoms with E-state index in [1.807, 2.05) is 0 Å². The Labute approximate surface area is 66.0 Å². The Morgan fingerprint density at radius 2 is 1.90 bits per heavy atom. The molecular formula is C8H21NSi. The highest BCUT2D eigenvalue weighted by Gasteiger charge is 2.27. The second-order valence-corrected chi connectivity index (χ2v) is 8.97. The molecule has 2 atom stereocenters. The molecule has 0 aliphatic rings. The molecule has 62 valence electrons. The van der Waals surface area contributed by atoms with Gasteiger partial charge in [0, 0.05) is 0 Å². The summed E-state index contributed by atoms with van der Waals surface area (Å²) in [6, 6.07) is 2.72. The third kappa shape index (κ3) is 2.43. The van der Waals surface area contributed by atoms with Crippen LogP contribution in [0, 0.1) is 0 Å². The lowest BCUT2D eigenvalue weighted by molar-refractivity contribution is 0.903. The van der Waals surface area contributed by atoms with Crippen LogP contribution in [0.5, 0.6) is 0 Å². The summed E-state index contributed by atoms with van der Waals surface area (Å²) < 4.78 is 0. The number of nitrogens with two attached hydrogens (primary N) is 1. The minimum absolute atomic E-state index is 0.470. The summed E-state index contributed by atoms with van der Waals surface area (Å²) in [5.74, 6) is 0. The van der Waals surface area contributed by atoms with Gasteiger partial charge in [-0.15, -0.1) is 0 Å². The maximum atomic E-state index is 5.93. The second-order valence-electron chi connectivity index (χ2n) is 3.55. The molecule has 1 nitrogen and oxygen atoms in total. The van der Waals surface area contributed by atoms with Crippen molar-refractivity contribution in [1.82, 2.24) is 0 Å². The molecule has 0 radical (unpaired) electrons. The summed E-state index contributed by atoms with van der Waals surface area (Å²) in [7, 11) is -1.02. The average molecular weight is 159 g/mol.